The van der Waals surface area contributed by atoms with Crippen molar-refractivity contribution in [1.82, 2.24) is 21.2 Å². The Labute approximate surface area is 181 Å². The average Bonchev–Trinajstić information content (AvgIpc) is 2.74. The molecule has 0 saturated heterocycles. The number of amides is 3. The highest BCUT2D eigenvalue weighted by Crippen LogP contribution is 2.25. The maximum Gasteiger partial charge on any atom is 0.270 e. The Kier molecular flexibility index (Phi) is 6.34. The molecule has 0 spiro atoms. The highest BCUT2D eigenvalue weighted by Gasteiger charge is 2.21. The lowest BCUT2D eigenvalue weighted by Gasteiger charge is -2.17. The van der Waals surface area contributed by atoms with Crippen LogP contribution in [0.5, 0.6) is 0 Å². The van der Waals surface area contributed by atoms with Crippen molar-refractivity contribution in [1.29, 1.82) is 0 Å². The molecule has 0 aliphatic rings. The number of fused-ring (bicyclic) bond motifs is 1. The van der Waals surface area contributed by atoms with Crippen LogP contribution in [0.1, 0.15) is 36.7 Å². The Balaban J connectivity index is 1.78. The first-order valence-electron chi connectivity index (χ1n) is 9.99. The van der Waals surface area contributed by atoms with Gasteiger partial charge in [-0.1, -0.05) is 68.8 Å². The van der Waals surface area contributed by atoms with Gasteiger partial charge in [0, 0.05) is 16.4 Å². The number of benzene rings is 2. The maximum absolute atomic E-state index is 12.9. The van der Waals surface area contributed by atoms with Gasteiger partial charge in [0.15, 0.2) is 0 Å². The van der Waals surface area contributed by atoms with Crippen LogP contribution in [-0.2, 0) is 9.59 Å². The minimum absolute atomic E-state index is 0.234. The lowest BCUT2D eigenvalue weighted by atomic mass is 9.96. The molecule has 3 N–H and O–H groups in total. The van der Waals surface area contributed by atoms with Crippen LogP contribution in [0.3, 0.4) is 0 Å². The summed E-state index contributed by atoms with van der Waals surface area (Å²) in [6.45, 7) is 7.03. The van der Waals surface area contributed by atoms with Gasteiger partial charge in [-0.05, 0) is 19.1 Å². The molecule has 0 atom stereocenters. The molecule has 0 saturated carbocycles. The predicted octanol–water partition coefficient (Wildman–Crippen LogP) is 3.13. The molecule has 3 rings (SSSR count). The van der Waals surface area contributed by atoms with Gasteiger partial charge in [0.1, 0.15) is 0 Å². The zero-order chi connectivity index (χ0) is 22.6. The first-order valence-corrected chi connectivity index (χ1v) is 9.99. The van der Waals surface area contributed by atoms with Gasteiger partial charge in [-0.25, -0.2) is 4.98 Å². The Morgan fingerprint density at radius 3 is 2.29 bits per heavy atom. The molecule has 160 valence electrons. The summed E-state index contributed by atoms with van der Waals surface area (Å²) in [7, 11) is 0. The first-order chi connectivity index (χ1) is 14.6. The summed E-state index contributed by atoms with van der Waals surface area (Å²) in [5, 5.41) is 3.21. The summed E-state index contributed by atoms with van der Waals surface area (Å²) in [5.41, 5.74) is 7.90. The molecule has 0 aliphatic carbocycles. The van der Waals surface area contributed by atoms with E-state index in [4.69, 9.17) is 0 Å². The third-order valence-corrected chi connectivity index (χ3v) is 4.71. The van der Waals surface area contributed by atoms with Gasteiger partial charge in [-0.15, -0.1) is 0 Å². The topological polar surface area (TPSA) is 100 Å². The van der Waals surface area contributed by atoms with Crippen molar-refractivity contribution < 1.29 is 14.4 Å². The molecule has 7 heteroatoms. The van der Waals surface area contributed by atoms with Crippen LogP contribution in [-0.4, -0.2) is 29.3 Å². The first kappa shape index (κ1) is 22.0. The second-order valence-corrected chi connectivity index (χ2v) is 8.37. The highest BCUT2D eigenvalue weighted by atomic mass is 16.2. The number of hydrazine groups is 1. The third-order valence-electron chi connectivity index (χ3n) is 4.71. The fraction of sp³-hybridized carbons (Fsp3) is 0.250. The predicted molar refractivity (Wildman–Crippen MR) is 120 cm³/mol. The van der Waals surface area contributed by atoms with Crippen molar-refractivity contribution in [3.05, 3.63) is 65.7 Å². The van der Waals surface area contributed by atoms with E-state index in [2.05, 4.69) is 21.2 Å². The number of pyridine rings is 1. The smallest absolute Gasteiger partial charge is 0.270 e. The number of aryl methyl sites for hydroxylation is 1. The summed E-state index contributed by atoms with van der Waals surface area (Å²) >= 11 is 0. The lowest BCUT2D eigenvalue weighted by molar-refractivity contribution is -0.131. The molecule has 1 heterocycles. The van der Waals surface area contributed by atoms with Gasteiger partial charge >= 0.3 is 0 Å². The molecular formula is C24H26N4O3. The van der Waals surface area contributed by atoms with Crippen molar-refractivity contribution in [3.63, 3.8) is 0 Å². The molecule has 0 bridgehead atoms. The van der Waals surface area contributed by atoms with Crippen molar-refractivity contribution in [2.45, 2.75) is 27.7 Å². The average molecular weight is 418 g/mol. The molecule has 2 aromatic carbocycles. The van der Waals surface area contributed by atoms with Gasteiger partial charge in [0.25, 0.3) is 11.8 Å². The largest absolute Gasteiger partial charge is 0.347 e. The van der Waals surface area contributed by atoms with E-state index in [1.165, 1.54) is 0 Å². The molecule has 0 fully saturated rings. The Morgan fingerprint density at radius 2 is 1.61 bits per heavy atom. The number of hydrogen-bond donors (Lipinski definition) is 3. The molecule has 0 unspecified atom stereocenters. The Morgan fingerprint density at radius 1 is 0.935 bits per heavy atom. The van der Waals surface area contributed by atoms with E-state index in [0.29, 0.717) is 22.2 Å². The van der Waals surface area contributed by atoms with Crippen LogP contribution >= 0.6 is 0 Å². The number of aromatic nitrogens is 1. The minimum Gasteiger partial charge on any atom is -0.347 e. The zero-order valence-corrected chi connectivity index (χ0v) is 18.1. The van der Waals surface area contributed by atoms with Gasteiger partial charge in [0.05, 0.1) is 23.3 Å². The summed E-state index contributed by atoms with van der Waals surface area (Å²) < 4.78 is 0. The minimum atomic E-state index is -0.605. The van der Waals surface area contributed by atoms with Crippen LogP contribution in [0.25, 0.3) is 22.2 Å². The standard InChI is InChI=1S/C24H26N4O3/c1-15-9-11-16(12-10-15)20-13-18(17-7-5-6-8-19(17)26-20)22(30)28-27-21(29)14-25-23(31)24(2,3)4/h5-13H,14H2,1-4H3,(H,25,31)(H,27,29)(H,28,30). The van der Waals surface area contributed by atoms with Crippen molar-refractivity contribution >= 4 is 28.6 Å². The number of rotatable bonds is 4. The normalized spacial score (nSPS) is 11.1. The summed E-state index contributed by atoms with van der Waals surface area (Å²) in [4.78, 5) is 41.5. The monoisotopic (exact) mass is 418 g/mol. The van der Waals surface area contributed by atoms with Gasteiger partial charge in [-0.2, -0.15) is 0 Å². The quantitative estimate of drug-likeness (QED) is 0.567. The maximum atomic E-state index is 12.9. The Hall–Kier alpha value is -3.74. The van der Waals surface area contributed by atoms with E-state index >= 15 is 0 Å². The molecule has 7 nitrogen and oxygen atoms in total. The molecular weight excluding hydrogens is 392 g/mol. The molecule has 0 aliphatic heterocycles. The fourth-order valence-electron chi connectivity index (χ4n) is 2.90. The lowest BCUT2D eigenvalue weighted by Crippen LogP contribution is -2.47. The van der Waals surface area contributed by atoms with Crippen LogP contribution < -0.4 is 16.2 Å². The van der Waals surface area contributed by atoms with Crippen LogP contribution in [0.4, 0.5) is 0 Å². The summed E-state index contributed by atoms with van der Waals surface area (Å²) in [5.74, 6) is -1.25. The Bertz CT molecular complexity index is 1130. The molecule has 31 heavy (non-hydrogen) atoms. The van der Waals surface area contributed by atoms with Gasteiger partial charge in [-0.3, -0.25) is 25.2 Å². The zero-order valence-electron chi connectivity index (χ0n) is 18.1. The molecule has 3 aromatic rings. The van der Waals surface area contributed by atoms with Crippen molar-refractivity contribution in [2.75, 3.05) is 6.54 Å². The number of nitrogens with one attached hydrogen (secondary N) is 3. The van der Waals surface area contributed by atoms with Crippen LogP contribution in [0, 0.1) is 12.3 Å². The molecule has 3 amide bonds. The van der Waals surface area contributed by atoms with Gasteiger partial charge < -0.3 is 5.32 Å². The van der Waals surface area contributed by atoms with E-state index in [0.717, 1.165) is 11.1 Å². The number of nitrogens with zero attached hydrogens (tertiary/aromatic N) is 1. The van der Waals surface area contributed by atoms with E-state index in [9.17, 15) is 14.4 Å². The van der Waals surface area contributed by atoms with Gasteiger partial charge in [0.2, 0.25) is 5.91 Å². The SMILES string of the molecule is Cc1ccc(-c2cc(C(=O)NNC(=O)CNC(=O)C(C)(C)C)c3ccccc3n2)cc1. The van der Waals surface area contributed by atoms with Crippen molar-refractivity contribution in [3.8, 4) is 11.3 Å². The van der Waals surface area contributed by atoms with Crippen LogP contribution in [0.15, 0.2) is 54.6 Å². The van der Waals surface area contributed by atoms with E-state index in [-0.39, 0.29) is 12.5 Å². The number of hydrogen-bond acceptors (Lipinski definition) is 4. The molecule has 0 radical (unpaired) electrons. The third kappa shape index (κ3) is 5.45. The number of carbonyl (C=O) groups excluding carboxylic acids is 3. The fourth-order valence-corrected chi connectivity index (χ4v) is 2.90. The van der Waals surface area contributed by atoms with Crippen molar-refractivity contribution in [2.24, 2.45) is 5.41 Å². The second kappa shape index (κ2) is 8.95. The molecule has 1 aromatic heterocycles. The highest BCUT2D eigenvalue weighted by molar-refractivity contribution is 6.07. The summed E-state index contributed by atoms with van der Waals surface area (Å²) in [6.07, 6.45) is 0. The van der Waals surface area contributed by atoms with E-state index in [1.54, 1.807) is 26.8 Å². The van der Waals surface area contributed by atoms with Crippen LogP contribution in [0.2, 0.25) is 0 Å². The summed E-state index contributed by atoms with van der Waals surface area (Å²) in [6, 6.07) is 16.9. The van der Waals surface area contributed by atoms with E-state index < -0.39 is 17.2 Å². The number of carbonyl (C=O) groups is 3. The number of para-hydroxylation sites is 1. The second-order valence-electron chi connectivity index (χ2n) is 8.37. The van der Waals surface area contributed by atoms with E-state index in [1.807, 2.05) is 55.5 Å².